The van der Waals surface area contributed by atoms with E-state index in [2.05, 4.69) is 24.3 Å². The van der Waals surface area contributed by atoms with E-state index in [0.29, 0.717) is 17.2 Å². The number of hydrogen-bond acceptors (Lipinski definition) is 4. The van der Waals surface area contributed by atoms with E-state index in [1.165, 1.54) is 7.11 Å². The smallest absolute Gasteiger partial charge is 0.337 e. The molecule has 1 aromatic carbocycles. The Morgan fingerprint density at radius 1 is 1.23 bits per heavy atom. The lowest BCUT2D eigenvalue weighted by Crippen LogP contribution is -2.16. The number of methoxy groups -OCH3 is 1. The summed E-state index contributed by atoms with van der Waals surface area (Å²) in [5, 5.41) is 7.47. The van der Waals surface area contributed by atoms with Crippen LogP contribution in [0.15, 0.2) is 18.2 Å². The monoisotopic (exact) mass is 357 g/mol. The first-order valence-electron chi connectivity index (χ1n) is 8.74. The van der Waals surface area contributed by atoms with Crippen molar-refractivity contribution in [3.8, 4) is 0 Å². The summed E-state index contributed by atoms with van der Waals surface area (Å²) >= 11 is 0. The predicted octanol–water partition coefficient (Wildman–Crippen LogP) is 3.43. The van der Waals surface area contributed by atoms with Crippen LogP contribution in [0.2, 0.25) is 0 Å². The molecule has 1 heterocycles. The standard InChI is InChI=1S/C20H27N3O3/c1-12(2)11-23-15(5)17(14(4)22-23)10-19(24)21-18-8-7-16(9-13(18)3)20(25)26-6/h7-9,12H,10-11H2,1-6H3,(H,21,24). The molecule has 26 heavy (non-hydrogen) atoms. The maximum atomic E-state index is 12.5. The van der Waals surface area contributed by atoms with Gasteiger partial charge in [0.05, 0.1) is 24.8 Å². The molecular formula is C20H27N3O3. The molecule has 0 atom stereocenters. The van der Waals surface area contributed by atoms with E-state index in [0.717, 1.165) is 29.1 Å². The average molecular weight is 357 g/mol. The van der Waals surface area contributed by atoms with Gasteiger partial charge in [0.25, 0.3) is 0 Å². The minimum absolute atomic E-state index is 0.103. The van der Waals surface area contributed by atoms with Gasteiger partial charge in [-0.2, -0.15) is 5.10 Å². The van der Waals surface area contributed by atoms with Gasteiger partial charge in [0.2, 0.25) is 5.91 Å². The first-order valence-corrected chi connectivity index (χ1v) is 8.74. The van der Waals surface area contributed by atoms with Crippen LogP contribution in [-0.4, -0.2) is 28.8 Å². The van der Waals surface area contributed by atoms with E-state index in [9.17, 15) is 9.59 Å². The number of anilines is 1. The predicted molar refractivity (Wildman–Crippen MR) is 101 cm³/mol. The number of ether oxygens (including phenoxy) is 1. The van der Waals surface area contributed by atoms with Gasteiger partial charge in [-0.25, -0.2) is 4.79 Å². The number of aryl methyl sites for hydroxylation is 2. The second kappa shape index (κ2) is 8.17. The molecule has 2 aromatic rings. The molecule has 0 saturated heterocycles. The van der Waals surface area contributed by atoms with Crippen molar-refractivity contribution >= 4 is 17.6 Å². The zero-order chi connectivity index (χ0) is 19.4. The molecule has 0 fully saturated rings. The molecule has 1 aromatic heterocycles. The Kier molecular flexibility index (Phi) is 6.18. The molecule has 0 aliphatic rings. The fourth-order valence-electron chi connectivity index (χ4n) is 2.92. The van der Waals surface area contributed by atoms with Gasteiger partial charge < -0.3 is 10.1 Å². The van der Waals surface area contributed by atoms with E-state index in [-0.39, 0.29) is 12.3 Å². The molecule has 1 N–H and O–H groups in total. The lowest BCUT2D eigenvalue weighted by Gasteiger charge is -2.10. The summed E-state index contributed by atoms with van der Waals surface area (Å²) in [7, 11) is 1.34. The summed E-state index contributed by atoms with van der Waals surface area (Å²) in [5.74, 6) is -0.00495. The van der Waals surface area contributed by atoms with Gasteiger partial charge in [0, 0.05) is 23.5 Å². The second-order valence-electron chi connectivity index (χ2n) is 6.97. The Bertz CT molecular complexity index is 822. The molecule has 0 aliphatic carbocycles. The number of hydrogen-bond donors (Lipinski definition) is 1. The molecule has 0 spiro atoms. The zero-order valence-corrected chi connectivity index (χ0v) is 16.3. The van der Waals surface area contributed by atoms with Crippen molar-refractivity contribution < 1.29 is 14.3 Å². The molecule has 1 amide bonds. The minimum Gasteiger partial charge on any atom is -0.465 e. The molecule has 6 heteroatoms. The van der Waals surface area contributed by atoms with Crippen molar-refractivity contribution in [2.75, 3.05) is 12.4 Å². The third kappa shape index (κ3) is 4.50. The molecule has 0 bridgehead atoms. The molecule has 2 rings (SSSR count). The van der Waals surface area contributed by atoms with Crippen LogP contribution in [0.3, 0.4) is 0 Å². The van der Waals surface area contributed by atoms with Crippen LogP contribution in [0.25, 0.3) is 0 Å². The van der Waals surface area contributed by atoms with Crippen LogP contribution < -0.4 is 5.32 Å². The van der Waals surface area contributed by atoms with E-state index < -0.39 is 5.97 Å². The topological polar surface area (TPSA) is 73.2 Å². The lowest BCUT2D eigenvalue weighted by atomic mass is 10.1. The van der Waals surface area contributed by atoms with Gasteiger partial charge in [-0.15, -0.1) is 0 Å². The maximum Gasteiger partial charge on any atom is 0.337 e. The van der Waals surface area contributed by atoms with Gasteiger partial charge in [-0.1, -0.05) is 13.8 Å². The Labute approximate surface area is 154 Å². The Morgan fingerprint density at radius 2 is 1.92 bits per heavy atom. The Hall–Kier alpha value is -2.63. The Balaban J connectivity index is 2.12. The SMILES string of the molecule is COC(=O)c1ccc(NC(=O)Cc2c(C)nn(CC(C)C)c2C)c(C)c1. The number of esters is 1. The van der Waals surface area contributed by atoms with Gasteiger partial charge in [-0.3, -0.25) is 9.48 Å². The summed E-state index contributed by atoms with van der Waals surface area (Å²) in [4.78, 5) is 24.1. The first-order chi connectivity index (χ1) is 12.2. The van der Waals surface area contributed by atoms with Crippen molar-refractivity contribution in [2.45, 2.75) is 47.6 Å². The Morgan fingerprint density at radius 3 is 2.50 bits per heavy atom. The number of amides is 1. The fourth-order valence-corrected chi connectivity index (χ4v) is 2.92. The number of rotatable bonds is 6. The van der Waals surface area contributed by atoms with E-state index >= 15 is 0 Å². The normalized spacial score (nSPS) is 10.9. The van der Waals surface area contributed by atoms with Crippen LogP contribution in [-0.2, 0) is 22.5 Å². The summed E-state index contributed by atoms with van der Waals surface area (Å²) in [6, 6.07) is 5.08. The van der Waals surface area contributed by atoms with Crippen LogP contribution >= 0.6 is 0 Å². The van der Waals surface area contributed by atoms with Gasteiger partial charge in [-0.05, 0) is 50.5 Å². The fraction of sp³-hybridized carbons (Fsp3) is 0.450. The average Bonchev–Trinajstić information content (AvgIpc) is 2.82. The molecule has 6 nitrogen and oxygen atoms in total. The molecule has 0 aliphatic heterocycles. The van der Waals surface area contributed by atoms with Crippen molar-refractivity contribution in [3.63, 3.8) is 0 Å². The molecule has 0 unspecified atom stereocenters. The summed E-state index contributed by atoms with van der Waals surface area (Å²) in [6.45, 7) is 10.9. The highest BCUT2D eigenvalue weighted by Crippen LogP contribution is 2.19. The van der Waals surface area contributed by atoms with Gasteiger partial charge >= 0.3 is 5.97 Å². The van der Waals surface area contributed by atoms with Crippen LogP contribution in [0.4, 0.5) is 5.69 Å². The number of nitrogens with one attached hydrogen (secondary N) is 1. The number of carbonyl (C=O) groups is 2. The van der Waals surface area contributed by atoms with Gasteiger partial charge in [0.1, 0.15) is 0 Å². The van der Waals surface area contributed by atoms with E-state index in [1.54, 1.807) is 18.2 Å². The summed E-state index contributed by atoms with van der Waals surface area (Å²) in [6.07, 6.45) is 0.272. The minimum atomic E-state index is -0.394. The summed E-state index contributed by atoms with van der Waals surface area (Å²) < 4.78 is 6.68. The highest BCUT2D eigenvalue weighted by Gasteiger charge is 2.16. The van der Waals surface area contributed by atoms with E-state index in [1.807, 2.05) is 25.5 Å². The van der Waals surface area contributed by atoms with E-state index in [4.69, 9.17) is 4.74 Å². The molecular weight excluding hydrogens is 330 g/mol. The summed E-state index contributed by atoms with van der Waals surface area (Å²) in [5.41, 5.74) is 4.84. The van der Waals surface area contributed by atoms with Crippen molar-refractivity contribution in [2.24, 2.45) is 5.92 Å². The van der Waals surface area contributed by atoms with Crippen LogP contribution in [0.1, 0.15) is 46.7 Å². The third-order valence-corrected chi connectivity index (χ3v) is 4.33. The quantitative estimate of drug-likeness (QED) is 0.804. The molecule has 0 radical (unpaired) electrons. The number of aromatic nitrogens is 2. The first kappa shape index (κ1) is 19.7. The number of carbonyl (C=O) groups excluding carboxylic acids is 2. The van der Waals surface area contributed by atoms with Gasteiger partial charge in [0.15, 0.2) is 0 Å². The third-order valence-electron chi connectivity index (χ3n) is 4.33. The van der Waals surface area contributed by atoms with Crippen molar-refractivity contribution in [3.05, 3.63) is 46.3 Å². The van der Waals surface area contributed by atoms with Crippen molar-refractivity contribution in [1.82, 2.24) is 9.78 Å². The highest BCUT2D eigenvalue weighted by molar-refractivity contribution is 5.95. The van der Waals surface area contributed by atoms with Crippen LogP contribution in [0.5, 0.6) is 0 Å². The molecule has 140 valence electrons. The maximum absolute atomic E-state index is 12.5. The largest absolute Gasteiger partial charge is 0.465 e. The molecule has 0 saturated carbocycles. The highest BCUT2D eigenvalue weighted by atomic mass is 16.5. The number of benzene rings is 1. The van der Waals surface area contributed by atoms with Crippen molar-refractivity contribution in [1.29, 1.82) is 0 Å². The lowest BCUT2D eigenvalue weighted by molar-refractivity contribution is -0.115. The second-order valence-corrected chi connectivity index (χ2v) is 6.97. The number of nitrogens with zero attached hydrogens (tertiary/aromatic N) is 2. The van der Waals surface area contributed by atoms with Crippen LogP contribution in [0, 0.1) is 26.7 Å². The zero-order valence-electron chi connectivity index (χ0n) is 16.3.